The molecule has 1 aromatic rings. The number of morpholine rings is 1. The second kappa shape index (κ2) is 9.75. The van der Waals surface area contributed by atoms with Crippen molar-refractivity contribution in [1.82, 2.24) is 10.6 Å². The molecule has 0 aromatic heterocycles. The van der Waals surface area contributed by atoms with Crippen LogP contribution in [0.25, 0.3) is 0 Å². The zero-order chi connectivity index (χ0) is 15.9. The summed E-state index contributed by atoms with van der Waals surface area (Å²) in [7, 11) is 0. The highest BCUT2D eigenvalue weighted by Gasteiger charge is 2.21. The van der Waals surface area contributed by atoms with Gasteiger partial charge in [-0.1, -0.05) is 19.1 Å². The molecule has 1 aromatic carbocycles. The van der Waals surface area contributed by atoms with Gasteiger partial charge in [0.15, 0.2) is 0 Å². The lowest BCUT2D eigenvalue weighted by atomic mass is 10.1. The molecule has 2 unspecified atom stereocenters. The van der Waals surface area contributed by atoms with E-state index in [1.807, 2.05) is 32.0 Å². The van der Waals surface area contributed by atoms with Gasteiger partial charge in [-0.2, -0.15) is 0 Å². The smallest absolute Gasteiger partial charge is 0.250 e. The molecular weight excluding hydrogens is 316 g/mol. The first kappa shape index (κ1) is 19.7. The lowest BCUT2D eigenvalue weighted by Crippen LogP contribution is -2.47. The van der Waals surface area contributed by atoms with Crippen molar-refractivity contribution in [3.05, 3.63) is 29.3 Å². The highest BCUT2D eigenvalue weighted by molar-refractivity contribution is 5.85. The van der Waals surface area contributed by atoms with Crippen LogP contribution in [-0.2, 0) is 16.1 Å². The number of carbonyl (C=O) groups is 1. The van der Waals surface area contributed by atoms with Crippen molar-refractivity contribution in [2.75, 3.05) is 19.7 Å². The van der Waals surface area contributed by atoms with Gasteiger partial charge >= 0.3 is 0 Å². The molecule has 6 heteroatoms. The summed E-state index contributed by atoms with van der Waals surface area (Å²) < 4.78 is 11.4. The van der Waals surface area contributed by atoms with Crippen LogP contribution in [-0.4, -0.2) is 37.8 Å². The topological polar surface area (TPSA) is 59.6 Å². The lowest BCUT2D eigenvalue weighted by molar-refractivity contribution is -0.134. The molecule has 0 saturated carbocycles. The minimum atomic E-state index is -0.405. The average molecular weight is 343 g/mol. The van der Waals surface area contributed by atoms with Gasteiger partial charge in [0.1, 0.15) is 11.9 Å². The van der Waals surface area contributed by atoms with Crippen molar-refractivity contribution in [1.29, 1.82) is 0 Å². The van der Waals surface area contributed by atoms with Gasteiger partial charge in [-0.25, -0.2) is 0 Å². The van der Waals surface area contributed by atoms with E-state index in [1.54, 1.807) is 0 Å². The maximum absolute atomic E-state index is 12.1. The van der Waals surface area contributed by atoms with Gasteiger partial charge in [0, 0.05) is 25.2 Å². The van der Waals surface area contributed by atoms with Crippen LogP contribution in [0.3, 0.4) is 0 Å². The maximum atomic E-state index is 12.1. The summed E-state index contributed by atoms with van der Waals surface area (Å²) >= 11 is 0. The molecule has 2 rings (SSSR count). The van der Waals surface area contributed by atoms with Gasteiger partial charge in [-0.05, 0) is 31.9 Å². The number of aryl methyl sites for hydroxylation is 1. The van der Waals surface area contributed by atoms with E-state index in [1.165, 1.54) is 0 Å². The van der Waals surface area contributed by atoms with Crippen molar-refractivity contribution in [3.63, 3.8) is 0 Å². The molecule has 2 atom stereocenters. The van der Waals surface area contributed by atoms with Crippen LogP contribution in [0.1, 0.15) is 31.4 Å². The number of ether oxygens (including phenoxy) is 2. The molecule has 0 aliphatic carbocycles. The zero-order valence-corrected chi connectivity index (χ0v) is 14.9. The standard InChI is InChI=1S/C17H26N2O3.ClH/c1-4-13(3)22-15-9-12(2)5-6-14(15)10-19-17(20)16-11-18-7-8-21-16;/h5-6,9,13,16,18H,4,7-8,10-11H2,1-3H3,(H,19,20);1H. The molecular formula is C17H27ClN2O3. The molecule has 0 spiro atoms. The van der Waals surface area contributed by atoms with E-state index < -0.39 is 6.10 Å². The molecule has 1 amide bonds. The maximum Gasteiger partial charge on any atom is 0.250 e. The normalized spacial score (nSPS) is 18.7. The third-order valence-corrected chi connectivity index (χ3v) is 3.80. The highest BCUT2D eigenvalue weighted by atomic mass is 35.5. The molecule has 23 heavy (non-hydrogen) atoms. The number of benzene rings is 1. The van der Waals surface area contributed by atoms with Gasteiger partial charge in [-0.15, -0.1) is 12.4 Å². The van der Waals surface area contributed by atoms with Gasteiger partial charge in [0.25, 0.3) is 5.91 Å². The van der Waals surface area contributed by atoms with Gasteiger partial charge in [-0.3, -0.25) is 4.79 Å². The summed E-state index contributed by atoms with van der Waals surface area (Å²) in [5.41, 5.74) is 2.14. The predicted molar refractivity (Wildman–Crippen MR) is 93.3 cm³/mol. The Morgan fingerprint density at radius 1 is 1.52 bits per heavy atom. The number of amides is 1. The van der Waals surface area contributed by atoms with Gasteiger partial charge < -0.3 is 20.1 Å². The Hall–Kier alpha value is -1.30. The average Bonchev–Trinajstić information content (AvgIpc) is 2.54. The van der Waals surface area contributed by atoms with Crippen molar-refractivity contribution in [2.24, 2.45) is 0 Å². The van der Waals surface area contributed by atoms with E-state index in [-0.39, 0.29) is 24.4 Å². The van der Waals surface area contributed by atoms with Crippen molar-refractivity contribution >= 4 is 18.3 Å². The van der Waals surface area contributed by atoms with Crippen LogP contribution in [0.5, 0.6) is 5.75 Å². The third-order valence-electron chi connectivity index (χ3n) is 3.80. The minimum absolute atomic E-state index is 0. The molecule has 1 heterocycles. The van der Waals surface area contributed by atoms with E-state index in [2.05, 4.69) is 17.6 Å². The quantitative estimate of drug-likeness (QED) is 0.832. The van der Waals surface area contributed by atoms with Crippen LogP contribution in [0.15, 0.2) is 18.2 Å². The number of halogens is 1. The number of rotatable bonds is 6. The fourth-order valence-electron chi connectivity index (χ4n) is 2.25. The number of hydrogen-bond donors (Lipinski definition) is 2. The fourth-order valence-corrected chi connectivity index (χ4v) is 2.25. The SMILES string of the molecule is CCC(C)Oc1cc(C)ccc1CNC(=O)C1CNCCO1.Cl. The minimum Gasteiger partial charge on any atom is -0.490 e. The molecule has 5 nitrogen and oxygen atoms in total. The second-order valence-electron chi connectivity index (χ2n) is 5.73. The fraction of sp³-hybridized carbons (Fsp3) is 0.588. The van der Waals surface area contributed by atoms with E-state index >= 15 is 0 Å². The van der Waals surface area contributed by atoms with Crippen molar-refractivity contribution in [2.45, 2.75) is 45.9 Å². The Kier molecular flexibility index (Phi) is 8.37. The largest absolute Gasteiger partial charge is 0.490 e. The molecule has 130 valence electrons. The van der Waals surface area contributed by atoms with Crippen molar-refractivity contribution < 1.29 is 14.3 Å². The Balaban J connectivity index is 0.00000264. The van der Waals surface area contributed by atoms with Crippen LogP contribution >= 0.6 is 12.4 Å². The summed E-state index contributed by atoms with van der Waals surface area (Å²) in [4.78, 5) is 12.1. The molecule has 0 bridgehead atoms. The predicted octanol–water partition coefficient (Wildman–Crippen LogP) is 2.20. The van der Waals surface area contributed by atoms with E-state index in [9.17, 15) is 4.79 Å². The third kappa shape index (κ3) is 6.01. The van der Waals surface area contributed by atoms with Crippen LogP contribution < -0.4 is 15.4 Å². The van der Waals surface area contributed by atoms with E-state index in [0.717, 1.165) is 29.8 Å². The summed E-state index contributed by atoms with van der Waals surface area (Å²) in [6.07, 6.45) is 0.696. The van der Waals surface area contributed by atoms with Gasteiger partial charge in [0.05, 0.1) is 12.7 Å². The molecule has 2 N–H and O–H groups in total. The van der Waals surface area contributed by atoms with Gasteiger partial charge in [0.2, 0.25) is 0 Å². The Morgan fingerprint density at radius 3 is 2.96 bits per heavy atom. The second-order valence-corrected chi connectivity index (χ2v) is 5.73. The Morgan fingerprint density at radius 2 is 2.30 bits per heavy atom. The molecule has 1 saturated heterocycles. The summed E-state index contributed by atoms with van der Waals surface area (Å²) in [6.45, 7) is 8.56. The van der Waals surface area contributed by atoms with Crippen LogP contribution in [0.2, 0.25) is 0 Å². The Bertz CT molecular complexity index is 505. The first-order valence-corrected chi connectivity index (χ1v) is 7.96. The summed E-state index contributed by atoms with van der Waals surface area (Å²) in [5, 5.41) is 6.09. The highest BCUT2D eigenvalue weighted by Crippen LogP contribution is 2.22. The van der Waals surface area contributed by atoms with Crippen LogP contribution in [0, 0.1) is 6.92 Å². The molecule has 1 aliphatic heterocycles. The first-order chi connectivity index (χ1) is 10.6. The first-order valence-electron chi connectivity index (χ1n) is 7.96. The van der Waals surface area contributed by atoms with E-state index in [4.69, 9.17) is 9.47 Å². The number of nitrogens with one attached hydrogen (secondary N) is 2. The van der Waals surface area contributed by atoms with E-state index in [0.29, 0.717) is 19.7 Å². The van der Waals surface area contributed by atoms with Crippen LogP contribution in [0.4, 0.5) is 0 Å². The molecule has 1 aliphatic rings. The monoisotopic (exact) mass is 342 g/mol. The summed E-state index contributed by atoms with van der Waals surface area (Å²) in [6, 6.07) is 6.06. The van der Waals surface area contributed by atoms with Crippen molar-refractivity contribution in [3.8, 4) is 5.75 Å². The summed E-state index contributed by atoms with van der Waals surface area (Å²) in [5.74, 6) is 0.764. The molecule has 0 radical (unpaired) electrons. The number of carbonyl (C=O) groups excluding carboxylic acids is 1. The lowest BCUT2D eigenvalue weighted by Gasteiger charge is -2.23. The molecule has 1 fully saturated rings. The Labute approximate surface area is 144 Å². The number of hydrogen-bond acceptors (Lipinski definition) is 4. The zero-order valence-electron chi connectivity index (χ0n) is 14.1.